The number of amides is 1. The highest BCUT2D eigenvalue weighted by atomic mass is 16.6. The number of hydrogen-bond acceptors (Lipinski definition) is 5. The third-order valence-electron chi connectivity index (χ3n) is 6.84. The van der Waals surface area contributed by atoms with Gasteiger partial charge in [0.1, 0.15) is 11.3 Å². The molecule has 2 unspecified atom stereocenters. The Labute approximate surface area is 200 Å². The van der Waals surface area contributed by atoms with Crippen LogP contribution in [0.2, 0.25) is 0 Å². The van der Waals surface area contributed by atoms with E-state index in [1.807, 2.05) is 32.9 Å². The van der Waals surface area contributed by atoms with Crippen molar-refractivity contribution in [3.63, 3.8) is 0 Å². The highest BCUT2D eigenvalue weighted by Crippen LogP contribution is 2.56. The minimum atomic E-state index is -0.695. The van der Waals surface area contributed by atoms with Gasteiger partial charge in [-0.15, -0.1) is 5.10 Å². The number of aliphatic carboxylic acids is 1. The van der Waals surface area contributed by atoms with Gasteiger partial charge < -0.3 is 9.84 Å². The number of ether oxygens (including phenoxy) is 1. The minimum absolute atomic E-state index is 0.208. The zero-order valence-electron chi connectivity index (χ0n) is 20.8. The van der Waals surface area contributed by atoms with Gasteiger partial charge in [-0.1, -0.05) is 37.3 Å². The molecule has 1 aromatic rings. The Balaban J connectivity index is 1.57. The molecule has 0 radical (unpaired) electrons. The summed E-state index contributed by atoms with van der Waals surface area (Å²) in [6, 6.07) is 0. The lowest BCUT2D eigenvalue weighted by Gasteiger charge is -2.30. The number of rotatable bonds is 5. The number of nitrogens with one attached hydrogen (secondary N) is 1. The summed E-state index contributed by atoms with van der Waals surface area (Å²) in [5.41, 5.74) is 3.87. The Kier molecular flexibility index (Phi) is 6.04. The van der Waals surface area contributed by atoms with Crippen molar-refractivity contribution in [2.24, 2.45) is 17.3 Å². The molecule has 8 heteroatoms. The van der Waals surface area contributed by atoms with Gasteiger partial charge in [-0.2, -0.15) is 0 Å². The van der Waals surface area contributed by atoms with Crippen molar-refractivity contribution in [3.8, 4) is 0 Å². The zero-order valence-corrected chi connectivity index (χ0v) is 20.8. The molecule has 0 bridgehead atoms. The summed E-state index contributed by atoms with van der Waals surface area (Å²) in [7, 11) is 0. The molecule has 2 N–H and O–H groups in total. The van der Waals surface area contributed by atoms with E-state index < -0.39 is 23.1 Å². The molecule has 8 nitrogen and oxygen atoms in total. The standard InChI is InChI=1S/C26H34N4O4/c1-15-14-19(30-22(17(3)28-29-30)27-24(33)34-25(4,5)6)8-9-20(15)18-7-10-21(16(2)13-18)26(11-12-26)23(31)32/h7-10,15-16H,11-14H2,1-6H3,(H,27,33)(H,31,32). The second-order valence-electron chi connectivity index (χ2n) is 10.8. The molecular weight excluding hydrogens is 432 g/mol. The largest absolute Gasteiger partial charge is 0.481 e. The van der Waals surface area contributed by atoms with Gasteiger partial charge in [0.2, 0.25) is 0 Å². The Morgan fingerprint density at radius 2 is 1.82 bits per heavy atom. The van der Waals surface area contributed by atoms with Crippen LogP contribution in [0.5, 0.6) is 0 Å². The van der Waals surface area contributed by atoms with Crippen molar-refractivity contribution >= 4 is 23.6 Å². The Hall–Kier alpha value is -3.16. The van der Waals surface area contributed by atoms with Crippen molar-refractivity contribution in [3.05, 3.63) is 46.7 Å². The maximum Gasteiger partial charge on any atom is 0.413 e. The summed E-state index contributed by atoms with van der Waals surface area (Å²) in [4.78, 5) is 24.1. The average Bonchev–Trinajstić information content (AvgIpc) is 3.46. The van der Waals surface area contributed by atoms with Crippen LogP contribution in [0.15, 0.2) is 41.0 Å². The Bertz CT molecular complexity index is 1140. The van der Waals surface area contributed by atoms with Gasteiger partial charge in [-0.3, -0.25) is 10.1 Å². The monoisotopic (exact) mass is 466 g/mol. The lowest BCUT2D eigenvalue weighted by atomic mass is 9.75. The topological polar surface area (TPSA) is 106 Å². The van der Waals surface area contributed by atoms with E-state index in [2.05, 4.69) is 41.6 Å². The number of aromatic nitrogens is 3. The predicted octanol–water partition coefficient (Wildman–Crippen LogP) is 5.50. The van der Waals surface area contributed by atoms with Crippen LogP contribution in [-0.4, -0.2) is 37.8 Å². The van der Waals surface area contributed by atoms with E-state index in [1.165, 1.54) is 11.1 Å². The van der Waals surface area contributed by atoms with Crippen molar-refractivity contribution in [1.82, 2.24) is 15.0 Å². The molecule has 2 atom stereocenters. The number of hydrogen-bond donors (Lipinski definition) is 2. The lowest BCUT2D eigenvalue weighted by molar-refractivity contribution is -0.142. The first-order chi connectivity index (χ1) is 15.9. The third kappa shape index (κ3) is 4.58. The highest BCUT2D eigenvalue weighted by Gasteiger charge is 2.54. The summed E-state index contributed by atoms with van der Waals surface area (Å²) in [6.07, 6.45) is 10.8. The first-order valence-corrected chi connectivity index (χ1v) is 11.9. The van der Waals surface area contributed by atoms with Crippen LogP contribution in [0.25, 0.3) is 5.70 Å². The second kappa shape index (κ2) is 8.56. The fourth-order valence-corrected chi connectivity index (χ4v) is 4.98. The predicted molar refractivity (Wildman–Crippen MR) is 130 cm³/mol. The normalized spacial score (nSPS) is 23.8. The van der Waals surface area contributed by atoms with Gasteiger partial charge in [-0.25, -0.2) is 9.48 Å². The van der Waals surface area contributed by atoms with E-state index in [4.69, 9.17) is 4.74 Å². The molecule has 3 aliphatic rings. The first-order valence-electron chi connectivity index (χ1n) is 11.9. The quantitative estimate of drug-likeness (QED) is 0.594. The number of carbonyl (C=O) groups is 2. The molecule has 1 aromatic heterocycles. The smallest absolute Gasteiger partial charge is 0.413 e. The first kappa shape index (κ1) is 24.0. The van der Waals surface area contributed by atoms with Gasteiger partial charge in [0.15, 0.2) is 5.82 Å². The zero-order chi connectivity index (χ0) is 24.8. The Morgan fingerprint density at radius 1 is 1.12 bits per heavy atom. The average molecular weight is 467 g/mol. The van der Waals surface area contributed by atoms with E-state index >= 15 is 0 Å². The summed E-state index contributed by atoms with van der Waals surface area (Å²) >= 11 is 0. The molecule has 3 aliphatic carbocycles. The van der Waals surface area contributed by atoms with Crippen LogP contribution in [0.1, 0.15) is 66.0 Å². The van der Waals surface area contributed by atoms with Crippen molar-refractivity contribution in [2.45, 2.75) is 72.8 Å². The van der Waals surface area contributed by atoms with E-state index in [0.717, 1.165) is 37.0 Å². The third-order valence-corrected chi connectivity index (χ3v) is 6.84. The molecule has 34 heavy (non-hydrogen) atoms. The van der Waals surface area contributed by atoms with Crippen molar-refractivity contribution in [2.75, 3.05) is 5.32 Å². The van der Waals surface area contributed by atoms with Gasteiger partial charge in [-0.05, 0) is 88.0 Å². The van der Waals surface area contributed by atoms with Gasteiger partial charge >= 0.3 is 12.1 Å². The van der Waals surface area contributed by atoms with Gasteiger partial charge in [0.25, 0.3) is 0 Å². The molecule has 4 rings (SSSR count). The number of carboxylic acid groups (broad SMARTS) is 1. The number of anilines is 1. The van der Waals surface area contributed by atoms with Crippen molar-refractivity contribution < 1.29 is 19.4 Å². The fourth-order valence-electron chi connectivity index (χ4n) is 4.98. The van der Waals surface area contributed by atoms with Crippen LogP contribution in [0.4, 0.5) is 10.6 Å². The van der Waals surface area contributed by atoms with Crippen LogP contribution < -0.4 is 5.32 Å². The molecule has 182 valence electrons. The maximum atomic E-state index is 12.3. The number of allylic oxidation sites excluding steroid dienone is 7. The second-order valence-corrected chi connectivity index (χ2v) is 10.8. The van der Waals surface area contributed by atoms with Crippen LogP contribution >= 0.6 is 0 Å². The molecule has 0 spiro atoms. The SMILES string of the molecule is Cc1nnn(C2=CC=C(C3=CC=C(C4(C(=O)O)CC4)C(C)C3)C(C)C2)c1NC(=O)OC(C)(C)C. The summed E-state index contributed by atoms with van der Waals surface area (Å²) in [5, 5.41) is 20.9. The van der Waals surface area contributed by atoms with E-state index in [9.17, 15) is 14.7 Å². The molecule has 1 fully saturated rings. The summed E-state index contributed by atoms with van der Waals surface area (Å²) < 4.78 is 7.06. The van der Waals surface area contributed by atoms with Crippen LogP contribution in [0.3, 0.4) is 0 Å². The van der Waals surface area contributed by atoms with Gasteiger partial charge in [0, 0.05) is 5.70 Å². The highest BCUT2D eigenvalue weighted by molar-refractivity contribution is 5.85. The number of nitrogens with zero attached hydrogens (tertiary/aromatic N) is 3. The van der Waals surface area contributed by atoms with E-state index in [-0.39, 0.29) is 11.8 Å². The number of aryl methyl sites for hydroxylation is 1. The molecular formula is C26H34N4O4. The van der Waals surface area contributed by atoms with Gasteiger partial charge in [0.05, 0.1) is 5.41 Å². The summed E-state index contributed by atoms with van der Waals surface area (Å²) in [5.74, 6) is 0.256. The molecule has 1 heterocycles. The number of carbonyl (C=O) groups excluding carboxylic acids is 1. The Morgan fingerprint density at radius 3 is 2.38 bits per heavy atom. The van der Waals surface area contributed by atoms with E-state index in [1.54, 1.807) is 11.6 Å². The molecule has 0 aliphatic heterocycles. The minimum Gasteiger partial charge on any atom is -0.481 e. The summed E-state index contributed by atoms with van der Waals surface area (Å²) in [6.45, 7) is 11.6. The lowest BCUT2D eigenvalue weighted by Crippen LogP contribution is -2.28. The molecule has 0 aromatic carbocycles. The molecule has 1 amide bonds. The van der Waals surface area contributed by atoms with Crippen molar-refractivity contribution in [1.29, 1.82) is 0 Å². The number of carboxylic acids is 1. The fraction of sp³-hybridized carbons (Fsp3) is 0.538. The van der Waals surface area contributed by atoms with Crippen LogP contribution in [-0.2, 0) is 9.53 Å². The maximum absolute atomic E-state index is 12.3. The van der Waals surface area contributed by atoms with Crippen LogP contribution in [0, 0.1) is 24.2 Å². The molecule has 0 saturated heterocycles. The van der Waals surface area contributed by atoms with E-state index in [0.29, 0.717) is 11.5 Å². The molecule has 1 saturated carbocycles.